The van der Waals surface area contributed by atoms with Crippen molar-refractivity contribution in [1.29, 1.82) is 0 Å². The lowest BCUT2D eigenvalue weighted by atomic mass is 9.97. The van der Waals surface area contributed by atoms with Crippen LogP contribution in [0, 0.1) is 5.92 Å². The predicted octanol–water partition coefficient (Wildman–Crippen LogP) is 2.85. The lowest BCUT2D eigenvalue weighted by molar-refractivity contribution is -0.120. The third kappa shape index (κ3) is 4.51. The first-order valence-electron chi connectivity index (χ1n) is 10.4. The van der Waals surface area contributed by atoms with Crippen molar-refractivity contribution in [2.24, 2.45) is 5.92 Å². The molecule has 2 heterocycles. The van der Waals surface area contributed by atoms with Gasteiger partial charge in [-0.3, -0.25) is 4.79 Å². The van der Waals surface area contributed by atoms with Gasteiger partial charge in [0.15, 0.2) is 5.13 Å². The van der Waals surface area contributed by atoms with E-state index < -0.39 is 16.0 Å². The number of benzene rings is 1. The Morgan fingerprint density at radius 2 is 1.87 bits per heavy atom. The molecule has 166 valence electrons. The van der Waals surface area contributed by atoms with Crippen LogP contribution >= 0.6 is 11.3 Å². The number of amides is 1. The number of thiazole rings is 1. The number of ether oxygens (including phenoxy) is 1. The molecule has 0 spiro atoms. The molecule has 1 aromatic heterocycles. The summed E-state index contributed by atoms with van der Waals surface area (Å²) in [5.74, 6) is -1.08. The fraction of sp³-hybridized carbons (Fsp3) is 0.476. The van der Waals surface area contributed by atoms with Crippen LogP contribution in [0.4, 0.5) is 5.13 Å². The molecule has 0 atom stereocenters. The molecule has 1 aliphatic heterocycles. The molecule has 0 radical (unpaired) electrons. The van der Waals surface area contributed by atoms with Crippen molar-refractivity contribution < 1.29 is 22.7 Å². The zero-order valence-corrected chi connectivity index (χ0v) is 18.9. The monoisotopic (exact) mass is 463 g/mol. The van der Waals surface area contributed by atoms with E-state index >= 15 is 0 Å². The van der Waals surface area contributed by atoms with Gasteiger partial charge in [-0.05, 0) is 50.7 Å². The molecule has 8 nitrogen and oxygen atoms in total. The summed E-state index contributed by atoms with van der Waals surface area (Å²) < 4.78 is 32.3. The topological polar surface area (TPSA) is 106 Å². The van der Waals surface area contributed by atoms with E-state index in [0.717, 1.165) is 31.4 Å². The Morgan fingerprint density at radius 3 is 2.58 bits per heavy atom. The van der Waals surface area contributed by atoms with Crippen LogP contribution in [0.25, 0.3) is 0 Å². The van der Waals surface area contributed by atoms with Gasteiger partial charge in [-0.2, -0.15) is 4.31 Å². The van der Waals surface area contributed by atoms with E-state index in [1.54, 1.807) is 23.5 Å². The number of hydrogen-bond donors (Lipinski definition) is 1. The Bertz CT molecular complexity index is 1060. The summed E-state index contributed by atoms with van der Waals surface area (Å²) in [6.45, 7) is 0.425. The molecule has 2 aromatic rings. The van der Waals surface area contributed by atoms with E-state index in [-0.39, 0.29) is 35.4 Å². The summed E-state index contributed by atoms with van der Waals surface area (Å²) in [5, 5.41) is 3.56. The predicted molar refractivity (Wildman–Crippen MR) is 117 cm³/mol. The molecule has 0 unspecified atom stereocenters. The fourth-order valence-corrected chi connectivity index (χ4v) is 6.78. The van der Waals surface area contributed by atoms with Crippen molar-refractivity contribution in [3.8, 4) is 0 Å². The van der Waals surface area contributed by atoms with Gasteiger partial charge in [0.1, 0.15) is 0 Å². The first-order chi connectivity index (χ1) is 14.9. The number of nitrogens with one attached hydrogen (secondary N) is 1. The third-order valence-electron chi connectivity index (χ3n) is 5.81. The Balaban J connectivity index is 1.41. The molecule has 10 heteroatoms. The molecule has 31 heavy (non-hydrogen) atoms. The number of piperidine rings is 1. The van der Waals surface area contributed by atoms with Crippen molar-refractivity contribution in [3.05, 3.63) is 40.4 Å². The van der Waals surface area contributed by atoms with E-state index in [4.69, 9.17) is 4.74 Å². The second-order valence-corrected chi connectivity index (χ2v) is 10.7. The van der Waals surface area contributed by atoms with Crippen LogP contribution in [0.2, 0.25) is 0 Å². The number of aromatic nitrogens is 1. The van der Waals surface area contributed by atoms with E-state index in [1.807, 2.05) is 0 Å². The highest BCUT2D eigenvalue weighted by atomic mass is 32.2. The van der Waals surface area contributed by atoms with Crippen LogP contribution in [-0.4, -0.2) is 49.8 Å². The van der Waals surface area contributed by atoms with Crippen LogP contribution in [0.5, 0.6) is 0 Å². The largest absolute Gasteiger partial charge is 0.465 e. The number of rotatable bonds is 5. The number of esters is 1. The Labute approximate surface area is 185 Å². The van der Waals surface area contributed by atoms with E-state index in [0.29, 0.717) is 18.0 Å². The highest BCUT2D eigenvalue weighted by Gasteiger charge is 2.34. The minimum Gasteiger partial charge on any atom is -0.465 e. The smallest absolute Gasteiger partial charge is 0.339 e. The van der Waals surface area contributed by atoms with E-state index in [9.17, 15) is 18.0 Å². The molecule has 4 rings (SSSR count). The first-order valence-corrected chi connectivity index (χ1v) is 12.6. The molecule has 1 N–H and O–H groups in total. The number of methoxy groups -OCH3 is 1. The Kier molecular flexibility index (Phi) is 6.40. The van der Waals surface area contributed by atoms with Gasteiger partial charge in [0.05, 0.1) is 23.3 Å². The van der Waals surface area contributed by atoms with Gasteiger partial charge in [0.2, 0.25) is 15.9 Å². The number of sulfonamides is 1. The summed E-state index contributed by atoms with van der Waals surface area (Å²) in [7, 11) is -2.65. The summed E-state index contributed by atoms with van der Waals surface area (Å²) in [4.78, 5) is 30.4. The maximum absolute atomic E-state index is 13.1. The SMILES string of the molecule is COC(=O)c1ccccc1S(=O)(=O)N1CCC(C(=O)Nc2nc3c(s2)CCCC3)CC1. The second kappa shape index (κ2) is 9.05. The molecular weight excluding hydrogens is 438 g/mol. The van der Waals surface area contributed by atoms with Gasteiger partial charge in [-0.25, -0.2) is 18.2 Å². The van der Waals surface area contributed by atoms with Crippen LogP contribution < -0.4 is 5.32 Å². The second-order valence-electron chi connectivity index (χ2n) is 7.75. The maximum Gasteiger partial charge on any atom is 0.339 e. The average Bonchev–Trinajstić information content (AvgIpc) is 3.21. The summed E-state index contributed by atoms with van der Waals surface area (Å²) >= 11 is 1.54. The van der Waals surface area contributed by atoms with Gasteiger partial charge in [-0.1, -0.05) is 12.1 Å². The lowest BCUT2D eigenvalue weighted by Crippen LogP contribution is -2.41. The van der Waals surface area contributed by atoms with Crippen LogP contribution in [0.15, 0.2) is 29.2 Å². The number of aryl methyl sites for hydroxylation is 2. The zero-order chi connectivity index (χ0) is 22.0. The minimum absolute atomic E-state index is 0.0117. The molecule has 1 saturated heterocycles. The number of fused-ring (bicyclic) bond motifs is 1. The standard InChI is InChI=1S/C21H25N3O5S2/c1-29-20(26)15-6-2-5-9-18(15)31(27,28)24-12-10-14(11-13-24)19(25)23-21-22-16-7-3-4-8-17(16)30-21/h2,5-6,9,14H,3-4,7-8,10-13H2,1H3,(H,22,23,25). The molecule has 2 aliphatic rings. The number of anilines is 1. The third-order valence-corrected chi connectivity index (χ3v) is 8.84. The minimum atomic E-state index is -3.87. The summed E-state index contributed by atoms with van der Waals surface area (Å²) in [6.07, 6.45) is 5.11. The van der Waals surface area contributed by atoms with Gasteiger partial charge in [0, 0.05) is 23.9 Å². The molecule has 1 aliphatic carbocycles. The number of carbonyl (C=O) groups excluding carboxylic acids is 2. The van der Waals surface area contributed by atoms with Crippen LogP contribution in [0.3, 0.4) is 0 Å². The molecule has 1 fully saturated rings. The van der Waals surface area contributed by atoms with Crippen molar-refractivity contribution in [3.63, 3.8) is 0 Å². The fourth-order valence-electron chi connectivity index (χ4n) is 4.08. The Morgan fingerprint density at radius 1 is 1.16 bits per heavy atom. The highest BCUT2D eigenvalue weighted by molar-refractivity contribution is 7.89. The van der Waals surface area contributed by atoms with Crippen molar-refractivity contribution in [1.82, 2.24) is 9.29 Å². The molecule has 1 aromatic carbocycles. The van der Waals surface area contributed by atoms with Gasteiger partial charge in [0.25, 0.3) is 0 Å². The van der Waals surface area contributed by atoms with E-state index in [1.165, 1.54) is 28.4 Å². The number of carbonyl (C=O) groups is 2. The van der Waals surface area contributed by atoms with Crippen LogP contribution in [-0.2, 0) is 32.4 Å². The maximum atomic E-state index is 13.1. The average molecular weight is 464 g/mol. The highest BCUT2D eigenvalue weighted by Crippen LogP contribution is 2.31. The lowest BCUT2D eigenvalue weighted by Gasteiger charge is -2.30. The van der Waals surface area contributed by atoms with Crippen molar-refractivity contribution in [2.45, 2.75) is 43.4 Å². The number of nitrogens with zero attached hydrogens (tertiary/aromatic N) is 2. The van der Waals surface area contributed by atoms with Crippen molar-refractivity contribution in [2.75, 3.05) is 25.5 Å². The summed E-state index contributed by atoms with van der Waals surface area (Å²) in [5.41, 5.74) is 1.11. The zero-order valence-electron chi connectivity index (χ0n) is 17.3. The molecule has 0 saturated carbocycles. The number of hydrogen-bond acceptors (Lipinski definition) is 7. The first kappa shape index (κ1) is 21.9. The van der Waals surface area contributed by atoms with Crippen LogP contribution in [0.1, 0.15) is 46.6 Å². The van der Waals surface area contributed by atoms with Gasteiger partial charge >= 0.3 is 5.97 Å². The Hall–Kier alpha value is -2.30. The van der Waals surface area contributed by atoms with Gasteiger partial charge in [-0.15, -0.1) is 11.3 Å². The molecule has 0 bridgehead atoms. The van der Waals surface area contributed by atoms with E-state index in [2.05, 4.69) is 10.3 Å². The van der Waals surface area contributed by atoms with Crippen molar-refractivity contribution >= 4 is 38.4 Å². The molecule has 1 amide bonds. The van der Waals surface area contributed by atoms with Gasteiger partial charge < -0.3 is 10.1 Å². The normalized spacial score (nSPS) is 17.7. The summed E-state index contributed by atoms with van der Waals surface area (Å²) in [6, 6.07) is 6.02. The quantitative estimate of drug-likeness (QED) is 0.684. The molecular formula is C21H25N3O5S2.